The van der Waals surface area contributed by atoms with Gasteiger partial charge < -0.3 is 0 Å². The fourth-order valence-corrected chi connectivity index (χ4v) is 2.13. The molecular formula is C14H32. The molecule has 0 nitrogen and oxygen atoms in total. The van der Waals surface area contributed by atoms with E-state index in [4.69, 9.17) is 0 Å². The molecule has 0 heterocycles. The molecule has 0 bridgehead atoms. The Morgan fingerprint density at radius 1 is 0.857 bits per heavy atom. The minimum atomic E-state index is 0. The molecule has 0 spiro atoms. The van der Waals surface area contributed by atoms with Gasteiger partial charge in [-0.05, 0) is 30.1 Å². The molecule has 1 aliphatic carbocycles. The Morgan fingerprint density at radius 3 is 1.50 bits per heavy atom. The summed E-state index contributed by atoms with van der Waals surface area (Å²) < 4.78 is 0. The minimum absolute atomic E-state index is 0. The minimum Gasteiger partial charge on any atom is -0.0776 e. The van der Waals surface area contributed by atoms with E-state index in [1.807, 2.05) is 13.8 Å². The van der Waals surface area contributed by atoms with E-state index < -0.39 is 0 Å². The molecule has 0 aromatic carbocycles. The lowest BCUT2D eigenvalue weighted by molar-refractivity contribution is 0.155. The fourth-order valence-electron chi connectivity index (χ4n) is 2.13. The van der Waals surface area contributed by atoms with Gasteiger partial charge >= 0.3 is 0 Å². The fraction of sp³-hybridized carbons (Fsp3) is 1.00. The molecule has 88 valence electrons. The van der Waals surface area contributed by atoms with Crippen LogP contribution in [-0.4, -0.2) is 0 Å². The summed E-state index contributed by atoms with van der Waals surface area (Å²) >= 11 is 0. The molecule has 1 saturated carbocycles. The van der Waals surface area contributed by atoms with Gasteiger partial charge in [-0.25, -0.2) is 0 Å². The Labute approximate surface area is 92.5 Å². The van der Waals surface area contributed by atoms with Crippen LogP contribution in [-0.2, 0) is 0 Å². The molecule has 0 heteroatoms. The van der Waals surface area contributed by atoms with E-state index in [-0.39, 0.29) is 7.43 Å². The van der Waals surface area contributed by atoms with Crippen LogP contribution in [0, 0.1) is 17.3 Å². The van der Waals surface area contributed by atoms with Crippen molar-refractivity contribution >= 4 is 0 Å². The van der Waals surface area contributed by atoms with E-state index >= 15 is 0 Å². The van der Waals surface area contributed by atoms with Gasteiger partial charge in [0, 0.05) is 0 Å². The molecule has 1 fully saturated rings. The molecule has 0 aromatic heterocycles. The second-order valence-electron chi connectivity index (χ2n) is 5.32. The molecule has 1 aliphatic rings. The summed E-state index contributed by atoms with van der Waals surface area (Å²) in [6.45, 7) is 13.5. The van der Waals surface area contributed by atoms with Gasteiger partial charge in [0.05, 0.1) is 0 Å². The molecule has 0 unspecified atom stereocenters. The van der Waals surface area contributed by atoms with Gasteiger partial charge in [0.25, 0.3) is 0 Å². The smallest absolute Gasteiger partial charge is 0.0354 e. The van der Waals surface area contributed by atoms with Crippen molar-refractivity contribution in [2.24, 2.45) is 17.3 Å². The molecule has 0 atom stereocenters. The van der Waals surface area contributed by atoms with E-state index in [0.29, 0.717) is 5.41 Å². The van der Waals surface area contributed by atoms with Crippen molar-refractivity contribution in [2.75, 3.05) is 0 Å². The normalized spacial score (nSPS) is 27.0. The van der Waals surface area contributed by atoms with Crippen molar-refractivity contribution in [3.05, 3.63) is 0 Å². The Kier molecular flexibility index (Phi) is 8.58. The Balaban J connectivity index is 0. The first-order valence-corrected chi connectivity index (χ1v) is 6.00. The Bertz CT molecular complexity index is 110. The van der Waals surface area contributed by atoms with Crippen LogP contribution in [0.25, 0.3) is 0 Å². The molecule has 0 aliphatic heterocycles. The van der Waals surface area contributed by atoms with E-state index in [0.717, 1.165) is 11.8 Å². The highest BCUT2D eigenvalue weighted by Crippen LogP contribution is 2.39. The summed E-state index contributed by atoms with van der Waals surface area (Å²) in [6.07, 6.45) is 5.85. The first-order chi connectivity index (χ1) is 6.00. The Hall–Kier alpha value is 0. The SMILES string of the molecule is C.CC.CC1CCC(C(C)(C)C)CC1. The highest BCUT2D eigenvalue weighted by Gasteiger charge is 2.27. The zero-order chi connectivity index (χ0) is 10.5. The van der Waals surface area contributed by atoms with Gasteiger partial charge in [-0.15, -0.1) is 0 Å². The van der Waals surface area contributed by atoms with Crippen LogP contribution < -0.4 is 0 Å². The average molecular weight is 200 g/mol. The summed E-state index contributed by atoms with van der Waals surface area (Å²) in [6, 6.07) is 0. The van der Waals surface area contributed by atoms with Crippen molar-refractivity contribution in [1.29, 1.82) is 0 Å². The van der Waals surface area contributed by atoms with Crippen molar-refractivity contribution in [3.8, 4) is 0 Å². The zero-order valence-electron chi connectivity index (χ0n) is 10.5. The van der Waals surface area contributed by atoms with Gasteiger partial charge in [-0.2, -0.15) is 0 Å². The van der Waals surface area contributed by atoms with Crippen LogP contribution >= 0.6 is 0 Å². The maximum Gasteiger partial charge on any atom is -0.0354 e. The van der Waals surface area contributed by atoms with E-state index in [1.165, 1.54) is 25.7 Å². The third-order valence-electron chi connectivity index (χ3n) is 3.24. The standard InChI is InChI=1S/C11H22.C2H6.CH4/c1-9-5-7-10(8-6-9)11(2,3)4;1-2;/h9-10H,5-8H2,1-4H3;1-2H3;1H4. The predicted octanol–water partition coefficient (Wildman–Crippen LogP) is 5.52. The van der Waals surface area contributed by atoms with Crippen molar-refractivity contribution in [2.45, 2.75) is 74.7 Å². The lowest BCUT2D eigenvalue weighted by atomic mass is 9.70. The van der Waals surface area contributed by atoms with Gasteiger partial charge in [-0.3, -0.25) is 0 Å². The van der Waals surface area contributed by atoms with E-state index in [1.54, 1.807) is 0 Å². The second kappa shape index (κ2) is 7.31. The zero-order valence-corrected chi connectivity index (χ0v) is 10.5. The summed E-state index contributed by atoms with van der Waals surface area (Å²) in [5.74, 6) is 1.98. The van der Waals surface area contributed by atoms with Crippen LogP contribution in [0.4, 0.5) is 0 Å². The van der Waals surface area contributed by atoms with Crippen LogP contribution in [0.2, 0.25) is 0 Å². The van der Waals surface area contributed by atoms with Gasteiger partial charge in [0.15, 0.2) is 0 Å². The van der Waals surface area contributed by atoms with E-state index in [9.17, 15) is 0 Å². The maximum absolute atomic E-state index is 2.39. The molecule has 0 N–H and O–H groups in total. The third-order valence-corrected chi connectivity index (χ3v) is 3.24. The van der Waals surface area contributed by atoms with Crippen LogP contribution in [0.15, 0.2) is 0 Å². The summed E-state index contributed by atoms with van der Waals surface area (Å²) in [5.41, 5.74) is 0.556. The molecule has 0 aromatic rings. The van der Waals surface area contributed by atoms with Crippen molar-refractivity contribution in [3.63, 3.8) is 0 Å². The van der Waals surface area contributed by atoms with Crippen molar-refractivity contribution < 1.29 is 0 Å². The van der Waals surface area contributed by atoms with Crippen LogP contribution in [0.3, 0.4) is 0 Å². The van der Waals surface area contributed by atoms with Crippen molar-refractivity contribution in [1.82, 2.24) is 0 Å². The van der Waals surface area contributed by atoms with Crippen LogP contribution in [0.5, 0.6) is 0 Å². The third kappa shape index (κ3) is 5.67. The molecule has 1 rings (SSSR count). The number of hydrogen-bond donors (Lipinski definition) is 0. The first kappa shape index (κ1) is 16.4. The lowest BCUT2D eigenvalue weighted by Gasteiger charge is -2.35. The molecular weight excluding hydrogens is 168 g/mol. The predicted molar refractivity (Wildman–Crippen MR) is 68.7 cm³/mol. The summed E-state index contributed by atoms with van der Waals surface area (Å²) in [4.78, 5) is 0. The molecule has 14 heavy (non-hydrogen) atoms. The monoisotopic (exact) mass is 200 g/mol. The first-order valence-electron chi connectivity index (χ1n) is 6.00. The largest absolute Gasteiger partial charge is 0.0776 e. The Morgan fingerprint density at radius 2 is 1.21 bits per heavy atom. The van der Waals surface area contributed by atoms with E-state index in [2.05, 4.69) is 27.7 Å². The second-order valence-corrected chi connectivity index (χ2v) is 5.32. The van der Waals surface area contributed by atoms with Gasteiger partial charge in [-0.1, -0.05) is 61.8 Å². The molecule has 0 saturated heterocycles. The maximum atomic E-state index is 2.39. The van der Waals surface area contributed by atoms with Gasteiger partial charge in [0.1, 0.15) is 0 Å². The number of hydrogen-bond acceptors (Lipinski definition) is 0. The highest BCUT2D eigenvalue weighted by molar-refractivity contribution is 4.78. The number of rotatable bonds is 0. The molecule has 0 radical (unpaired) electrons. The van der Waals surface area contributed by atoms with Gasteiger partial charge in [0.2, 0.25) is 0 Å². The topological polar surface area (TPSA) is 0 Å². The quantitative estimate of drug-likeness (QED) is 0.483. The molecule has 0 amide bonds. The highest BCUT2D eigenvalue weighted by atomic mass is 14.3. The summed E-state index contributed by atoms with van der Waals surface area (Å²) in [5, 5.41) is 0. The lowest BCUT2D eigenvalue weighted by Crippen LogP contribution is -2.24. The summed E-state index contributed by atoms with van der Waals surface area (Å²) in [7, 11) is 0. The average Bonchev–Trinajstić information content (AvgIpc) is 2.07. The van der Waals surface area contributed by atoms with Crippen LogP contribution in [0.1, 0.15) is 74.7 Å².